The molecule has 0 saturated carbocycles. The van der Waals surface area contributed by atoms with Crippen LogP contribution < -0.4 is 10.1 Å². The fraction of sp³-hybridized carbons (Fsp3) is 0.294. The Hall–Kier alpha value is -1.80. The van der Waals surface area contributed by atoms with Crippen LogP contribution in [0.2, 0.25) is 0 Å². The smallest absolute Gasteiger partial charge is 0.125 e. The van der Waals surface area contributed by atoms with Gasteiger partial charge in [0, 0.05) is 10.5 Å². The van der Waals surface area contributed by atoms with Crippen LogP contribution in [0.3, 0.4) is 0 Å². The van der Waals surface area contributed by atoms with Crippen molar-refractivity contribution in [3.8, 4) is 5.75 Å². The first-order valence-corrected chi connectivity index (χ1v) is 6.15. The van der Waals surface area contributed by atoms with Crippen LogP contribution in [0.5, 0.6) is 5.75 Å². The lowest BCUT2D eigenvalue weighted by Crippen LogP contribution is -2.16. The van der Waals surface area contributed by atoms with Gasteiger partial charge in [-0.25, -0.2) is 0 Å². The quantitative estimate of drug-likeness (QED) is 0.856. The molecule has 0 aromatic heterocycles. The Balaban J connectivity index is 2.58. The van der Waals surface area contributed by atoms with Gasteiger partial charge in [-0.15, -0.1) is 0 Å². The van der Waals surface area contributed by atoms with Crippen molar-refractivity contribution in [2.24, 2.45) is 0 Å². The van der Waals surface area contributed by atoms with Crippen LogP contribution in [0, 0.1) is 6.85 Å². The molecule has 0 heterocycles. The lowest BCUT2D eigenvalue weighted by molar-refractivity contribution is 0.193. The highest BCUT2D eigenvalue weighted by molar-refractivity contribution is 5.33. The molecule has 19 heavy (non-hydrogen) atoms. The summed E-state index contributed by atoms with van der Waals surface area (Å²) in [7, 11) is 1.78. The van der Waals surface area contributed by atoms with Gasteiger partial charge in [0.15, 0.2) is 0 Å². The molecule has 0 aliphatic heterocycles. The van der Waals surface area contributed by atoms with Crippen molar-refractivity contribution in [3.05, 3.63) is 65.6 Å². The highest BCUT2D eigenvalue weighted by Gasteiger charge is 2.13. The second kappa shape index (κ2) is 6.95. The van der Waals surface area contributed by atoms with E-state index in [4.69, 9.17) is 14.3 Å². The van der Waals surface area contributed by atoms with Gasteiger partial charge in [0.05, 0.1) is 5.48 Å². The average molecular weight is 262 g/mol. The van der Waals surface area contributed by atoms with Crippen LogP contribution in [0.25, 0.3) is 0 Å². The summed E-state index contributed by atoms with van der Waals surface area (Å²) in [6, 6.07) is 7.00. The summed E-state index contributed by atoms with van der Waals surface area (Å²) in [5.41, 5.74) is 0.306. The van der Waals surface area contributed by atoms with Crippen LogP contribution in [0.4, 0.5) is 0 Å². The van der Waals surface area contributed by atoms with Crippen molar-refractivity contribution in [1.29, 1.82) is 0 Å². The van der Waals surface area contributed by atoms with Crippen molar-refractivity contribution in [2.45, 2.75) is 19.4 Å². The van der Waals surface area contributed by atoms with E-state index in [1.165, 1.54) is 0 Å². The van der Waals surface area contributed by atoms with Crippen LogP contribution in [0.15, 0.2) is 54.5 Å². The molecular weight excluding hydrogens is 234 g/mol. The zero-order chi connectivity index (χ0) is 19.5. The molecule has 0 amide bonds. The molecule has 2 aromatic rings. The predicted octanol–water partition coefficient (Wildman–Crippen LogP) is 3.72. The van der Waals surface area contributed by atoms with E-state index < -0.39 is 42.7 Å². The second-order valence-corrected chi connectivity index (χ2v) is 4.11. The normalized spacial score (nSPS) is 18.1. The molecule has 0 aliphatic rings. The second-order valence-electron chi connectivity index (χ2n) is 4.11. The molecule has 2 heteroatoms. The third kappa shape index (κ3) is 3.83. The molecule has 1 N–H and O–H groups in total. The van der Waals surface area contributed by atoms with E-state index in [0.717, 1.165) is 5.56 Å². The number of nitrogens with one attached hydrogen (secondary N) is 1. The summed E-state index contributed by atoms with van der Waals surface area (Å²) in [6.07, 6.45) is -0.0480. The fourth-order valence-electron chi connectivity index (χ4n) is 1.77. The molecule has 0 aliphatic carbocycles. The summed E-state index contributed by atoms with van der Waals surface area (Å²) < 4.78 is 60.7. The number of rotatable bonds is 6. The molecule has 2 aromatic carbocycles. The molecule has 0 fully saturated rings. The highest BCUT2D eigenvalue weighted by atomic mass is 16.5. The Morgan fingerprint density at radius 3 is 2.79 bits per heavy atom. The van der Waals surface area contributed by atoms with Crippen molar-refractivity contribution in [2.75, 3.05) is 13.6 Å². The third-order valence-corrected chi connectivity index (χ3v) is 2.74. The van der Waals surface area contributed by atoms with Crippen molar-refractivity contribution >= 4 is 0 Å². The molecule has 0 radical (unpaired) electrons. The minimum atomic E-state index is -2.73. The van der Waals surface area contributed by atoms with Gasteiger partial charge in [-0.2, -0.15) is 0 Å². The third-order valence-electron chi connectivity index (χ3n) is 2.74. The van der Waals surface area contributed by atoms with Crippen LogP contribution in [-0.2, 0) is 0 Å². The lowest BCUT2D eigenvalue weighted by atomic mass is 10.1. The summed E-state index contributed by atoms with van der Waals surface area (Å²) in [5.74, 6) is -0.319. The van der Waals surface area contributed by atoms with E-state index in [9.17, 15) is 0 Å². The maximum absolute atomic E-state index is 8.11. The predicted molar refractivity (Wildman–Crippen MR) is 79.5 cm³/mol. The summed E-state index contributed by atoms with van der Waals surface area (Å²) >= 11 is 0. The maximum Gasteiger partial charge on any atom is 0.125 e. The van der Waals surface area contributed by atoms with E-state index in [0.29, 0.717) is 13.0 Å². The first-order valence-electron chi connectivity index (χ1n) is 9.65. The molecule has 2 nitrogen and oxygen atoms in total. The highest BCUT2D eigenvalue weighted by Crippen LogP contribution is 2.26. The summed E-state index contributed by atoms with van der Waals surface area (Å²) in [4.78, 5) is 0. The van der Waals surface area contributed by atoms with Crippen LogP contribution >= 0.6 is 0 Å². The van der Waals surface area contributed by atoms with Gasteiger partial charge in [-0.1, -0.05) is 48.5 Å². The molecule has 0 saturated heterocycles. The Labute approximate surface area is 125 Å². The van der Waals surface area contributed by atoms with Gasteiger partial charge in [-0.3, -0.25) is 0 Å². The molecule has 100 valence electrons. The maximum atomic E-state index is 8.11. The molecule has 1 atom stereocenters. The molecular formula is C17H21NO. The van der Waals surface area contributed by atoms with E-state index in [-0.39, 0.29) is 5.75 Å². The Morgan fingerprint density at radius 1 is 1.26 bits per heavy atom. The summed E-state index contributed by atoms with van der Waals surface area (Å²) in [6.45, 7) is -2.13. The zero-order valence-corrected chi connectivity index (χ0v) is 10.8. The van der Waals surface area contributed by atoms with Gasteiger partial charge in [0.2, 0.25) is 0 Å². The largest absolute Gasteiger partial charge is 0.485 e. The number of ether oxygens (including phenoxy) is 1. The molecule has 2 rings (SSSR count). The minimum Gasteiger partial charge on any atom is -0.485 e. The van der Waals surface area contributed by atoms with Gasteiger partial charge in [0.25, 0.3) is 0 Å². The Bertz CT molecular complexity index is 762. The minimum absolute atomic E-state index is 0.319. The lowest BCUT2D eigenvalue weighted by Gasteiger charge is -2.20. The Kier molecular flexibility index (Phi) is 2.60. The molecule has 0 spiro atoms. The van der Waals surface area contributed by atoms with Crippen LogP contribution in [-0.4, -0.2) is 13.6 Å². The first kappa shape index (κ1) is 7.11. The van der Waals surface area contributed by atoms with Crippen molar-refractivity contribution in [3.63, 3.8) is 0 Å². The van der Waals surface area contributed by atoms with E-state index in [1.54, 1.807) is 7.05 Å². The van der Waals surface area contributed by atoms with Crippen molar-refractivity contribution in [1.82, 2.24) is 5.32 Å². The number of hydrogen-bond acceptors (Lipinski definition) is 2. The number of benzene rings is 2. The van der Waals surface area contributed by atoms with E-state index in [1.807, 2.05) is 30.3 Å². The molecule has 0 unspecified atom stereocenters. The topological polar surface area (TPSA) is 21.3 Å². The SMILES string of the molecule is [2H]c1c([2H])c([2H])c(C([2H])([2H])[2H])c(O[C@H](CCNC)c2ccccc2)c1[2H]. The van der Waals surface area contributed by atoms with E-state index in [2.05, 4.69) is 5.32 Å². The fourth-order valence-corrected chi connectivity index (χ4v) is 1.77. The monoisotopic (exact) mass is 262 g/mol. The first-order chi connectivity index (χ1) is 12.2. The standard InChI is InChI=1S/C17H21NO/c1-14-8-6-7-11-16(14)19-17(12-13-18-2)15-9-4-3-5-10-15/h3-11,17-18H,12-13H2,1-2H3/t17-/m1/s1/i1D3,6D,7D,8D,11D. The van der Waals surface area contributed by atoms with Gasteiger partial charge in [-0.05, 0) is 37.6 Å². The average Bonchev–Trinajstić information content (AvgIpc) is 2.60. The number of hydrogen-bond donors (Lipinski definition) is 1. The van der Waals surface area contributed by atoms with Gasteiger partial charge < -0.3 is 10.1 Å². The van der Waals surface area contributed by atoms with E-state index >= 15 is 0 Å². The zero-order valence-electron chi connectivity index (χ0n) is 17.8. The van der Waals surface area contributed by atoms with Gasteiger partial charge in [0.1, 0.15) is 11.9 Å². The summed E-state index contributed by atoms with van der Waals surface area (Å²) in [5, 5.41) is 3.00. The van der Waals surface area contributed by atoms with Crippen LogP contribution in [0.1, 0.15) is 33.2 Å². The Morgan fingerprint density at radius 2 is 2.05 bits per heavy atom. The van der Waals surface area contributed by atoms with Crippen molar-refractivity contribution < 1.29 is 14.3 Å². The molecule has 0 bridgehead atoms. The number of para-hydroxylation sites is 1. The van der Waals surface area contributed by atoms with Gasteiger partial charge >= 0.3 is 0 Å².